The molecule has 0 fully saturated rings. The maximum atomic E-state index is 10.9. The van der Waals surface area contributed by atoms with Gasteiger partial charge in [0, 0.05) is 12.4 Å². The molecule has 0 spiro atoms. The molecule has 0 bridgehead atoms. The lowest BCUT2D eigenvalue weighted by atomic mass is 10.2. The molecule has 1 heterocycles. The second-order valence-corrected chi connectivity index (χ2v) is 2.34. The summed E-state index contributed by atoms with van der Waals surface area (Å²) in [5.74, 6) is -1.57. The zero-order valence-corrected chi connectivity index (χ0v) is 6.89. The lowest BCUT2D eigenvalue weighted by Gasteiger charge is -2.00. The summed E-state index contributed by atoms with van der Waals surface area (Å²) in [5.41, 5.74) is 2.80. The summed E-state index contributed by atoms with van der Waals surface area (Å²) in [7, 11) is 0. The van der Waals surface area contributed by atoms with Gasteiger partial charge >= 0.3 is 0 Å². The molecular weight excluding hydrogens is 190 g/mol. The van der Waals surface area contributed by atoms with Crippen LogP contribution in [-0.4, -0.2) is 27.2 Å². The van der Waals surface area contributed by atoms with Gasteiger partial charge in [0.1, 0.15) is 0 Å². The molecule has 2 amide bonds. The van der Waals surface area contributed by atoms with Crippen molar-refractivity contribution in [3.63, 3.8) is 0 Å². The van der Waals surface area contributed by atoms with E-state index in [4.69, 9.17) is 10.4 Å². The Hall–Kier alpha value is -1.99. The maximum Gasteiger partial charge on any atom is 0.276 e. The molecule has 14 heavy (non-hydrogen) atoms. The molecule has 0 radical (unpaired) electrons. The SMILES string of the molecule is O=C(NO)c1cncc(C(=O)NO)c1. The van der Waals surface area contributed by atoms with Crippen molar-refractivity contribution in [1.29, 1.82) is 0 Å². The number of amides is 2. The lowest BCUT2D eigenvalue weighted by molar-refractivity contribution is 0.0701. The summed E-state index contributed by atoms with van der Waals surface area (Å²) < 4.78 is 0. The molecule has 0 saturated carbocycles. The van der Waals surface area contributed by atoms with E-state index in [0.29, 0.717) is 0 Å². The largest absolute Gasteiger partial charge is 0.288 e. The van der Waals surface area contributed by atoms with E-state index in [1.54, 1.807) is 0 Å². The van der Waals surface area contributed by atoms with Crippen LogP contribution in [0.4, 0.5) is 0 Å². The van der Waals surface area contributed by atoms with Gasteiger partial charge in [0.25, 0.3) is 11.8 Å². The normalized spacial score (nSPS) is 9.29. The summed E-state index contributed by atoms with van der Waals surface area (Å²) in [6, 6.07) is 1.17. The first-order chi connectivity index (χ1) is 6.69. The third-order valence-corrected chi connectivity index (χ3v) is 1.47. The van der Waals surface area contributed by atoms with Gasteiger partial charge in [-0.1, -0.05) is 0 Å². The number of pyridine rings is 1. The van der Waals surface area contributed by atoms with Crippen LogP contribution >= 0.6 is 0 Å². The summed E-state index contributed by atoms with van der Waals surface area (Å²) in [4.78, 5) is 25.3. The van der Waals surface area contributed by atoms with Gasteiger partial charge in [0.15, 0.2) is 0 Å². The predicted octanol–water partition coefficient (Wildman–Crippen LogP) is -0.680. The van der Waals surface area contributed by atoms with Crippen LogP contribution in [0.3, 0.4) is 0 Å². The number of carbonyl (C=O) groups excluding carboxylic acids is 2. The third-order valence-electron chi connectivity index (χ3n) is 1.47. The first-order valence-electron chi connectivity index (χ1n) is 3.53. The fourth-order valence-electron chi connectivity index (χ4n) is 0.817. The second kappa shape index (κ2) is 4.30. The van der Waals surface area contributed by atoms with Crippen LogP contribution in [-0.2, 0) is 0 Å². The molecule has 4 N–H and O–H groups in total. The van der Waals surface area contributed by atoms with Gasteiger partial charge in [0.2, 0.25) is 0 Å². The summed E-state index contributed by atoms with van der Waals surface area (Å²) >= 11 is 0. The molecule has 0 saturated heterocycles. The van der Waals surface area contributed by atoms with Gasteiger partial charge in [-0.15, -0.1) is 0 Å². The Morgan fingerprint density at radius 3 is 1.86 bits per heavy atom. The second-order valence-electron chi connectivity index (χ2n) is 2.34. The molecule has 1 rings (SSSR count). The number of hydrogen-bond acceptors (Lipinski definition) is 5. The highest BCUT2D eigenvalue weighted by Gasteiger charge is 2.09. The molecule has 0 unspecified atom stereocenters. The van der Waals surface area contributed by atoms with Crippen LogP contribution in [0.1, 0.15) is 20.7 Å². The van der Waals surface area contributed by atoms with Crippen molar-refractivity contribution >= 4 is 11.8 Å². The fraction of sp³-hybridized carbons (Fsp3) is 0. The van der Waals surface area contributed by atoms with E-state index in [0.717, 1.165) is 0 Å². The van der Waals surface area contributed by atoms with Gasteiger partial charge in [-0.25, -0.2) is 11.0 Å². The molecule has 0 atom stereocenters. The molecule has 1 aromatic heterocycles. The minimum absolute atomic E-state index is 0.00796. The highest BCUT2D eigenvalue weighted by molar-refractivity contribution is 5.98. The molecule has 74 valence electrons. The van der Waals surface area contributed by atoms with E-state index < -0.39 is 11.8 Å². The number of nitrogens with zero attached hydrogens (tertiary/aromatic N) is 1. The molecule has 0 aromatic carbocycles. The van der Waals surface area contributed by atoms with Gasteiger partial charge < -0.3 is 0 Å². The Balaban J connectivity index is 3.01. The van der Waals surface area contributed by atoms with E-state index in [1.807, 2.05) is 0 Å². The first-order valence-corrected chi connectivity index (χ1v) is 3.53. The number of aromatic nitrogens is 1. The number of hydroxylamine groups is 2. The van der Waals surface area contributed by atoms with Crippen molar-refractivity contribution in [3.05, 3.63) is 29.6 Å². The van der Waals surface area contributed by atoms with Crippen LogP contribution in [0.25, 0.3) is 0 Å². The molecular formula is C7H7N3O4. The standard InChI is InChI=1S/C7H7N3O4/c11-6(9-13)4-1-5(3-8-2-4)7(12)10-14/h1-3,13-14H,(H,9,11)(H,10,12). The van der Waals surface area contributed by atoms with Gasteiger partial charge in [0.05, 0.1) is 11.1 Å². The van der Waals surface area contributed by atoms with Crippen LogP contribution < -0.4 is 11.0 Å². The van der Waals surface area contributed by atoms with Crippen molar-refractivity contribution in [3.8, 4) is 0 Å². The van der Waals surface area contributed by atoms with Crippen molar-refractivity contribution in [2.24, 2.45) is 0 Å². The van der Waals surface area contributed by atoms with Crippen molar-refractivity contribution in [2.45, 2.75) is 0 Å². The van der Waals surface area contributed by atoms with Gasteiger partial charge in [-0.2, -0.15) is 0 Å². The molecule has 7 heteroatoms. The Bertz CT molecular complexity index is 334. The summed E-state index contributed by atoms with van der Waals surface area (Å²) in [6.45, 7) is 0. The van der Waals surface area contributed by atoms with Crippen molar-refractivity contribution in [2.75, 3.05) is 0 Å². The molecule has 0 aliphatic rings. The van der Waals surface area contributed by atoms with Crippen LogP contribution in [0.5, 0.6) is 0 Å². The number of carbonyl (C=O) groups is 2. The average Bonchev–Trinajstić information content (AvgIpc) is 2.27. The molecule has 0 aliphatic carbocycles. The first kappa shape index (κ1) is 10.1. The Kier molecular flexibility index (Phi) is 3.10. The van der Waals surface area contributed by atoms with Crippen LogP contribution in [0.15, 0.2) is 18.5 Å². The lowest BCUT2D eigenvalue weighted by Crippen LogP contribution is -2.22. The zero-order valence-electron chi connectivity index (χ0n) is 6.89. The van der Waals surface area contributed by atoms with E-state index in [-0.39, 0.29) is 11.1 Å². The fourth-order valence-corrected chi connectivity index (χ4v) is 0.817. The monoisotopic (exact) mass is 197 g/mol. The van der Waals surface area contributed by atoms with E-state index in [2.05, 4.69) is 4.98 Å². The maximum absolute atomic E-state index is 10.9. The van der Waals surface area contributed by atoms with Crippen molar-refractivity contribution in [1.82, 2.24) is 15.9 Å². The molecule has 0 aliphatic heterocycles. The summed E-state index contributed by atoms with van der Waals surface area (Å²) in [6.07, 6.45) is 2.33. The highest BCUT2D eigenvalue weighted by Crippen LogP contribution is 2.02. The topological polar surface area (TPSA) is 112 Å². The van der Waals surface area contributed by atoms with Crippen LogP contribution in [0.2, 0.25) is 0 Å². The average molecular weight is 197 g/mol. The van der Waals surface area contributed by atoms with Gasteiger partial charge in [-0.3, -0.25) is 25.0 Å². The minimum Gasteiger partial charge on any atom is -0.288 e. The molecule has 7 nitrogen and oxygen atoms in total. The minimum atomic E-state index is -0.787. The Morgan fingerprint density at radius 1 is 1.07 bits per heavy atom. The quantitative estimate of drug-likeness (QED) is 0.370. The smallest absolute Gasteiger partial charge is 0.276 e. The summed E-state index contributed by atoms with van der Waals surface area (Å²) in [5, 5.41) is 16.6. The van der Waals surface area contributed by atoms with Gasteiger partial charge in [-0.05, 0) is 6.07 Å². The number of hydrogen-bond donors (Lipinski definition) is 4. The van der Waals surface area contributed by atoms with Crippen molar-refractivity contribution < 1.29 is 20.0 Å². The highest BCUT2D eigenvalue weighted by atomic mass is 16.5. The number of rotatable bonds is 2. The van der Waals surface area contributed by atoms with E-state index >= 15 is 0 Å². The third kappa shape index (κ3) is 2.03. The van der Waals surface area contributed by atoms with E-state index in [1.165, 1.54) is 29.4 Å². The zero-order chi connectivity index (χ0) is 10.6. The van der Waals surface area contributed by atoms with E-state index in [9.17, 15) is 9.59 Å². The Labute approximate surface area is 78.3 Å². The molecule has 1 aromatic rings. The predicted molar refractivity (Wildman–Crippen MR) is 42.7 cm³/mol. The Morgan fingerprint density at radius 2 is 1.50 bits per heavy atom. The van der Waals surface area contributed by atoms with Crippen LogP contribution in [0, 0.1) is 0 Å². The number of nitrogens with one attached hydrogen (secondary N) is 2.